The molecule has 0 N–H and O–H groups in total. The van der Waals surface area contributed by atoms with Gasteiger partial charge in [0.1, 0.15) is 0 Å². The Balaban J connectivity index is 1.47. The molecule has 3 rings (SSSR count). The van der Waals surface area contributed by atoms with Gasteiger partial charge in [-0.05, 0) is 56.8 Å². The molecule has 0 bridgehead atoms. The van der Waals surface area contributed by atoms with Crippen LogP contribution in [0.4, 0.5) is 0 Å². The second kappa shape index (κ2) is 6.86. The molecular formula is C17H26N2O2. The maximum absolute atomic E-state index is 5.95. The molecule has 116 valence electrons. The van der Waals surface area contributed by atoms with Crippen molar-refractivity contribution in [1.82, 2.24) is 9.88 Å². The lowest BCUT2D eigenvalue weighted by Crippen LogP contribution is -2.40. The lowest BCUT2D eigenvalue weighted by molar-refractivity contribution is 0.0157. The van der Waals surface area contributed by atoms with E-state index >= 15 is 0 Å². The van der Waals surface area contributed by atoms with E-state index in [1.807, 2.05) is 19.2 Å². The van der Waals surface area contributed by atoms with Gasteiger partial charge in [0.2, 0.25) is 0 Å². The number of pyridine rings is 1. The molecule has 0 radical (unpaired) electrons. The Morgan fingerprint density at radius 2 is 2.24 bits per heavy atom. The second-order valence-electron chi connectivity index (χ2n) is 6.39. The average Bonchev–Trinajstić information content (AvgIpc) is 2.92. The van der Waals surface area contributed by atoms with Crippen molar-refractivity contribution in [3.63, 3.8) is 0 Å². The molecule has 2 aliphatic heterocycles. The predicted octanol–water partition coefficient (Wildman–Crippen LogP) is 2.49. The fourth-order valence-corrected chi connectivity index (χ4v) is 3.51. The van der Waals surface area contributed by atoms with Gasteiger partial charge in [0, 0.05) is 19.3 Å². The summed E-state index contributed by atoms with van der Waals surface area (Å²) in [6, 6.07) is 6.15. The van der Waals surface area contributed by atoms with Crippen molar-refractivity contribution in [1.29, 1.82) is 0 Å². The Kier molecular flexibility index (Phi) is 4.88. The molecule has 0 amide bonds. The average molecular weight is 290 g/mol. The van der Waals surface area contributed by atoms with Crippen LogP contribution in [0, 0.1) is 5.41 Å². The van der Waals surface area contributed by atoms with Crippen LogP contribution in [0.3, 0.4) is 0 Å². The van der Waals surface area contributed by atoms with Gasteiger partial charge < -0.3 is 9.47 Å². The molecular weight excluding hydrogens is 264 g/mol. The Labute approximate surface area is 127 Å². The molecule has 2 fully saturated rings. The molecule has 21 heavy (non-hydrogen) atoms. The zero-order chi connectivity index (χ0) is 14.5. The van der Waals surface area contributed by atoms with Gasteiger partial charge in [-0.1, -0.05) is 6.07 Å². The maximum atomic E-state index is 5.95. The highest BCUT2D eigenvalue weighted by Crippen LogP contribution is 2.42. The lowest BCUT2D eigenvalue weighted by atomic mass is 9.76. The molecule has 4 nitrogen and oxygen atoms in total. The molecule has 0 aromatic carbocycles. The number of rotatable bonds is 5. The van der Waals surface area contributed by atoms with Crippen LogP contribution in [0.2, 0.25) is 0 Å². The molecule has 1 aromatic heterocycles. The number of hydrogen-bond acceptors (Lipinski definition) is 4. The normalized spacial score (nSPS) is 25.5. The van der Waals surface area contributed by atoms with Crippen molar-refractivity contribution >= 4 is 0 Å². The summed E-state index contributed by atoms with van der Waals surface area (Å²) in [4.78, 5) is 6.94. The van der Waals surface area contributed by atoms with Gasteiger partial charge in [-0.2, -0.15) is 0 Å². The molecule has 1 aromatic rings. The van der Waals surface area contributed by atoms with Crippen molar-refractivity contribution in [2.24, 2.45) is 5.41 Å². The van der Waals surface area contributed by atoms with E-state index in [9.17, 15) is 0 Å². The lowest BCUT2D eigenvalue weighted by Gasteiger charge is -2.38. The van der Waals surface area contributed by atoms with E-state index in [1.165, 1.54) is 25.0 Å². The van der Waals surface area contributed by atoms with Crippen LogP contribution in [0.15, 0.2) is 24.4 Å². The molecule has 0 unspecified atom stereocenters. The summed E-state index contributed by atoms with van der Waals surface area (Å²) < 4.78 is 11.5. The van der Waals surface area contributed by atoms with Crippen molar-refractivity contribution in [2.75, 3.05) is 32.9 Å². The predicted molar refractivity (Wildman–Crippen MR) is 82.0 cm³/mol. The van der Waals surface area contributed by atoms with E-state index in [1.54, 1.807) is 0 Å². The molecule has 2 saturated heterocycles. The van der Waals surface area contributed by atoms with E-state index in [0.29, 0.717) is 11.5 Å². The van der Waals surface area contributed by atoms with E-state index in [2.05, 4.69) is 22.0 Å². The first-order valence-corrected chi connectivity index (χ1v) is 8.11. The SMILES string of the molecule is CCOC[C@@H]1CC2(CCN(Cc3ccccn3)CC2)CO1. The third-order valence-corrected chi connectivity index (χ3v) is 4.82. The summed E-state index contributed by atoms with van der Waals surface area (Å²) in [7, 11) is 0. The van der Waals surface area contributed by atoms with Gasteiger partial charge in [0.25, 0.3) is 0 Å². The van der Waals surface area contributed by atoms with E-state index < -0.39 is 0 Å². The molecule has 2 aliphatic rings. The van der Waals surface area contributed by atoms with Crippen LogP contribution >= 0.6 is 0 Å². The Morgan fingerprint density at radius 1 is 1.38 bits per heavy atom. The highest BCUT2D eigenvalue weighted by molar-refractivity contribution is 5.04. The Morgan fingerprint density at radius 3 is 2.95 bits per heavy atom. The quantitative estimate of drug-likeness (QED) is 0.834. The number of nitrogens with zero attached hydrogens (tertiary/aromatic N) is 2. The van der Waals surface area contributed by atoms with Gasteiger partial charge in [0.05, 0.1) is 25.0 Å². The standard InChI is InChI=1S/C17H26N2O2/c1-2-20-13-16-11-17(14-21-16)6-9-19(10-7-17)12-15-5-3-4-8-18-15/h3-5,8,16H,2,6-7,9-14H2,1H3/t16-/m0/s1. The van der Waals surface area contributed by atoms with Crippen LogP contribution in [0.1, 0.15) is 31.9 Å². The number of likely N-dealkylation sites (tertiary alicyclic amines) is 1. The summed E-state index contributed by atoms with van der Waals surface area (Å²) in [6.45, 7) is 7.78. The van der Waals surface area contributed by atoms with Gasteiger partial charge in [-0.15, -0.1) is 0 Å². The summed E-state index contributed by atoms with van der Waals surface area (Å²) >= 11 is 0. The third-order valence-electron chi connectivity index (χ3n) is 4.82. The maximum Gasteiger partial charge on any atom is 0.0814 e. The molecule has 0 aliphatic carbocycles. The minimum Gasteiger partial charge on any atom is -0.379 e. The fraction of sp³-hybridized carbons (Fsp3) is 0.706. The van der Waals surface area contributed by atoms with Crippen LogP contribution < -0.4 is 0 Å². The largest absolute Gasteiger partial charge is 0.379 e. The summed E-state index contributed by atoms with van der Waals surface area (Å²) in [5, 5.41) is 0. The molecule has 4 heteroatoms. The van der Waals surface area contributed by atoms with Gasteiger partial charge in [-0.25, -0.2) is 0 Å². The van der Waals surface area contributed by atoms with Crippen molar-refractivity contribution < 1.29 is 9.47 Å². The monoisotopic (exact) mass is 290 g/mol. The zero-order valence-corrected chi connectivity index (χ0v) is 13.0. The van der Waals surface area contributed by atoms with E-state index in [-0.39, 0.29) is 0 Å². The van der Waals surface area contributed by atoms with Gasteiger partial charge >= 0.3 is 0 Å². The Bertz CT molecular complexity index is 430. The van der Waals surface area contributed by atoms with Gasteiger partial charge in [-0.3, -0.25) is 9.88 Å². The van der Waals surface area contributed by atoms with Crippen molar-refractivity contribution in [3.05, 3.63) is 30.1 Å². The first-order chi connectivity index (χ1) is 10.3. The molecule has 1 spiro atoms. The first-order valence-electron chi connectivity index (χ1n) is 8.11. The molecule has 3 heterocycles. The first kappa shape index (κ1) is 14.9. The van der Waals surface area contributed by atoms with Crippen molar-refractivity contribution in [3.8, 4) is 0 Å². The topological polar surface area (TPSA) is 34.6 Å². The van der Waals surface area contributed by atoms with Crippen LogP contribution in [0.5, 0.6) is 0 Å². The third kappa shape index (κ3) is 3.82. The summed E-state index contributed by atoms with van der Waals surface area (Å²) in [5.74, 6) is 0. The fourth-order valence-electron chi connectivity index (χ4n) is 3.51. The molecule has 0 saturated carbocycles. The second-order valence-corrected chi connectivity index (χ2v) is 6.39. The minimum atomic E-state index is 0.312. The van der Waals surface area contributed by atoms with Crippen LogP contribution in [-0.4, -0.2) is 48.9 Å². The smallest absolute Gasteiger partial charge is 0.0814 e. The van der Waals surface area contributed by atoms with E-state index in [4.69, 9.17) is 9.47 Å². The number of piperidine rings is 1. The van der Waals surface area contributed by atoms with Crippen LogP contribution in [0.25, 0.3) is 0 Å². The highest BCUT2D eigenvalue weighted by atomic mass is 16.5. The Hall–Kier alpha value is -0.970. The zero-order valence-electron chi connectivity index (χ0n) is 13.0. The van der Waals surface area contributed by atoms with E-state index in [0.717, 1.165) is 39.5 Å². The highest BCUT2D eigenvalue weighted by Gasteiger charge is 2.42. The van der Waals surface area contributed by atoms with Gasteiger partial charge in [0.15, 0.2) is 0 Å². The molecule has 1 atom stereocenters. The minimum absolute atomic E-state index is 0.312. The van der Waals surface area contributed by atoms with Crippen LogP contribution in [-0.2, 0) is 16.0 Å². The number of ether oxygens (including phenoxy) is 2. The van der Waals surface area contributed by atoms with Crippen molar-refractivity contribution in [2.45, 2.75) is 38.8 Å². The number of hydrogen-bond donors (Lipinski definition) is 0. The number of aromatic nitrogens is 1. The summed E-state index contributed by atoms with van der Waals surface area (Å²) in [6.07, 6.45) is 5.84. The summed E-state index contributed by atoms with van der Waals surface area (Å²) in [5.41, 5.74) is 1.58.